The van der Waals surface area contributed by atoms with E-state index in [0.717, 1.165) is 0 Å². The first-order valence-electron chi connectivity index (χ1n) is 11.6. The van der Waals surface area contributed by atoms with Crippen molar-refractivity contribution >= 4 is 46.3 Å². The SMILES string of the molecule is OC[C@H]1OC[C@H](O)[C@H](Nc2ccc(Cl)cc2)[C@@]1(O)S[C@@]1(O)[C@@H](CO)OC[C@H](O)[C@@H]1Nc1ccc(Cl)cc1. The van der Waals surface area contributed by atoms with Gasteiger partial charge in [0, 0.05) is 21.4 Å². The number of benzene rings is 2. The lowest BCUT2D eigenvalue weighted by Crippen LogP contribution is -2.71. The van der Waals surface area contributed by atoms with Crippen LogP contribution in [0.2, 0.25) is 10.0 Å². The number of hydrogen-bond donors (Lipinski definition) is 8. The molecule has 204 valence electrons. The summed E-state index contributed by atoms with van der Waals surface area (Å²) >= 11 is 12.5. The summed E-state index contributed by atoms with van der Waals surface area (Å²) in [4.78, 5) is -4.34. The van der Waals surface area contributed by atoms with E-state index in [4.69, 9.17) is 32.7 Å². The number of anilines is 2. The largest absolute Gasteiger partial charge is 0.394 e. The number of hydrogen-bond acceptors (Lipinski definition) is 11. The first-order chi connectivity index (χ1) is 17.6. The highest BCUT2D eigenvalue weighted by Crippen LogP contribution is 2.49. The van der Waals surface area contributed by atoms with Gasteiger partial charge in [-0.05, 0) is 48.5 Å². The van der Waals surface area contributed by atoms with Gasteiger partial charge < -0.3 is 50.7 Å². The molecule has 37 heavy (non-hydrogen) atoms. The fourth-order valence-corrected chi connectivity index (χ4v) is 6.56. The van der Waals surface area contributed by atoms with Crippen molar-refractivity contribution < 1.29 is 40.1 Å². The molecule has 8 atom stereocenters. The maximum Gasteiger partial charge on any atom is 0.164 e. The third kappa shape index (κ3) is 5.97. The van der Waals surface area contributed by atoms with Crippen molar-refractivity contribution in [3.63, 3.8) is 0 Å². The molecular formula is C24H30Cl2N2O8S. The van der Waals surface area contributed by atoms with Gasteiger partial charge in [-0.2, -0.15) is 0 Å². The molecular weight excluding hydrogens is 547 g/mol. The smallest absolute Gasteiger partial charge is 0.164 e. The minimum Gasteiger partial charge on any atom is -0.394 e. The van der Waals surface area contributed by atoms with E-state index >= 15 is 0 Å². The van der Waals surface area contributed by atoms with Gasteiger partial charge in [0.05, 0.1) is 38.5 Å². The summed E-state index contributed by atoms with van der Waals surface area (Å²) in [6.45, 7) is -1.69. The van der Waals surface area contributed by atoms with E-state index in [1.54, 1.807) is 48.5 Å². The Bertz CT molecular complexity index is 957. The lowest BCUT2D eigenvalue weighted by molar-refractivity contribution is -0.174. The summed E-state index contributed by atoms with van der Waals surface area (Å²) in [6, 6.07) is 10.7. The first kappa shape index (κ1) is 28.7. The van der Waals surface area contributed by atoms with E-state index in [0.29, 0.717) is 33.2 Å². The standard InChI is InChI=1S/C24H30Cl2N2O8S/c25-13-1-5-15(6-2-13)27-21-17(31)11-35-19(9-29)23(21,33)37-24(34)20(10-30)36-12-18(32)22(24)28-16-7-3-14(26)4-8-16/h1-8,17-22,27-34H,9-12H2/t17-,18-,19+,20+,21-,22-,23-,24-/m0/s1. The van der Waals surface area contributed by atoms with Crippen molar-refractivity contribution in [2.24, 2.45) is 0 Å². The zero-order valence-corrected chi connectivity index (χ0v) is 21.9. The molecule has 10 nitrogen and oxygen atoms in total. The van der Waals surface area contributed by atoms with Crippen LogP contribution in [-0.4, -0.2) is 103 Å². The first-order valence-corrected chi connectivity index (χ1v) is 13.2. The minimum atomic E-state index is -2.17. The molecule has 0 amide bonds. The lowest BCUT2D eigenvalue weighted by atomic mass is 9.95. The molecule has 2 heterocycles. The van der Waals surface area contributed by atoms with Crippen LogP contribution < -0.4 is 10.6 Å². The Morgan fingerprint density at radius 2 is 1.08 bits per heavy atom. The van der Waals surface area contributed by atoms with Crippen molar-refractivity contribution in [3.8, 4) is 0 Å². The normalized spacial score (nSPS) is 36.2. The predicted octanol–water partition coefficient (Wildman–Crippen LogP) is 0.869. The van der Waals surface area contributed by atoms with Gasteiger partial charge in [-0.25, -0.2) is 0 Å². The zero-order valence-electron chi connectivity index (χ0n) is 19.6. The van der Waals surface area contributed by atoms with Crippen LogP contribution in [0.4, 0.5) is 11.4 Å². The number of aliphatic hydroxyl groups is 6. The number of ether oxygens (including phenoxy) is 2. The maximum absolute atomic E-state index is 12.0. The van der Waals surface area contributed by atoms with Crippen LogP contribution in [0.3, 0.4) is 0 Å². The second-order valence-corrected chi connectivity index (χ2v) is 11.4. The molecule has 2 aliphatic heterocycles. The van der Waals surface area contributed by atoms with Gasteiger partial charge in [0.2, 0.25) is 0 Å². The van der Waals surface area contributed by atoms with Gasteiger partial charge in [-0.3, -0.25) is 0 Å². The minimum absolute atomic E-state index is 0.202. The average molecular weight is 577 g/mol. The van der Waals surface area contributed by atoms with Gasteiger partial charge in [0.15, 0.2) is 9.87 Å². The summed E-state index contributed by atoms with van der Waals surface area (Å²) in [5.74, 6) is 0. The summed E-state index contributed by atoms with van der Waals surface area (Å²) in [6.07, 6.45) is -5.04. The Hall–Kier alpha value is -1.35. The van der Waals surface area contributed by atoms with Crippen molar-refractivity contribution in [2.45, 2.75) is 46.4 Å². The summed E-state index contributed by atoms with van der Waals surface area (Å²) in [5, 5.41) is 73.0. The molecule has 2 fully saturated rings. The highest BCUT2D eigenvalue weighted by atomic mass is 35.5. The van der Waals surface area contributed by atoms with Gasteiger partial charge >= 0.3 is 0 Å². The Balaban J connectivity index is 1.72. The molecule has 0 unspecified atom stereocenters. The monoisotopic (exact) mass is 576 g/mol. The summed E-state index contributed by atoms with van der Waals surface area (Å²) in [5.41, 5.74) is 1.01. The molecule has 0 aliphatic carbocycles. The molecule has 0 saturated carbocycles. The van der Waals surface area contributed by atoms with E-state index in [1.165, 1.54) is 0 Å². The van der Waals surface area contributed by atoms with Crippen LogP contribution >= 0.6 is 35.0 Å². The van der Waals surface area contributed by atoms with Crippen LogP contribution in [-0.2, 0) is 9.47 Å². The fraction of sp³-hybridized carbons (Fsp3) is 0.500. The van der Waals surface area contributed by atoms with Gasteiger partial charge in [0.25, 0.3) is 0 Å². The number of aliphatic hydroxyl groups excluding tert-OH is 4. The van der Waals surface area contributed by atoms with Crippen LogP contribution in [0.15, 0.2) is 48.5 Å². The number of rotatable bonds is 8. The van der Waals surface area contributed by atoms with Crippen molar-refractivity contribution in [3.05, 3.63) is 58.6 Å². The van der Waals surface area contributed by atoms with Crippen molar-refractivity contribution in [1.29, 1.82) is 0 Å². The van der Waals surface area contributed by atoms with Gasteiger partial charge in [-0.1, -0.05) is 35.0 Å². The molecule has 2 aliphatic rings. The summed E-state index contributed by atoms with van der Waals surface area (Å²) < 4.78 is 11.1. The van der Waals surface area contributed by atoms with Crippen LogP contribution in [0.25, 0.3) is 0 Å². The Morgan fingerprint density at radius 3 is 1.41 bits per heavy atom. The highest BCUT2D eigenvalue weighted by molar-refractivity contribution is 8.01. The zero-order chi connectivity index (χ0) is 26.8. The molecule has 4 rings (SSSR count). The van der Waals surface area contributed by atoms with E-state index in [-0.39, 0.29) is 13.2 Å². The van der Waals surface area contributed by atoms with Gasteiger partial charge in [-0.15, -0.1) is 0 Å². The Morgan fingerprint density at radius 1 is 0.730 bits per heavy atom. The second-order valence-electron chi connectivity index (χ2n) is 9.01. The van der Waals surface area contributed by atoms with Crippen LogP contribution in [0, 0.1) is 0 Å². The Kier molecular flexibility index (Phi) is 9.14. The molecule has 2 aromatic carbocycles. The molecule has 8 N–H and O–H groups in total. The molecule has 0 bridgehead atoms. The highest BCUT2D eigenvalue weighted by Gasteiger charge is 2.62. The number of thioether (sulfide) groups is 1. The van der Waals surface area contributed by atoms with Crippen LogP contribution in [0.1, 0.15) is 0 Å². The van der Waals surface area contributed by atoms with Gasteiger partial charge in [0.1, 0.15) is 24.4 Å². The number of nitrogens with one attached hydrogen (secondary N) is 2. The number of halogens is 2. The summed E-state index contributed by atoms with van der Waals surface area (Å²) in [7, 11) is 0. The topological polar surface area (TPSA) is 164 Å². The lowest BCUT2D eigenvalue weighted by Gasteiger charge is -2.54. The molecule has 0 spiro atoms. The molecule has 0 radical (unpaired) electrons. The van der Waals surface area contributed by atoms with E-state index in [1.807, 2.05) is 0 Å². The third-order valence-corrected chi connectivity index (χ3v) is 8.70. The van der Waals surface area contributed by atoms with E-state index in [9.17, 15) is 30.6 Å². The Labute approximate surface area is 228 Å². The fourth-order valence-electron chi connectivity index (χ4n) is 4.55. The van der Waals surface area contributed by atoms with Crippen molar-refractivity contribution in [1.82, 2.24) is 0 Å². The van der Waals surface area contributed by atoms with E-state index in [2.05, 4.69) is 10.6 Å². The molecule has 0 aromatic heterocycles. The van der Waals surface area contributed by atoms with Crippen molar-refractivity contribution in [2.75, 3.05) is 37.1 Å². The quantitative estimate of drug-likeness (QED) is 0.210. The third-order valence-electron chi connectivity index (χ3n) is 6.51. The predicted molar refractivity (Wildman–Crippen MR) is 141 cm³/mol. The average Bonchev–Trinajstić information content (AvgIpc) is 2.87. The van der Waals surface area contributed by atoms with Crippen LogP contribution in [0.5, 0.6) is 0 Å². The maximum atomic E-state index is 12.0. The molecule has 2 aromatic rings. The van der Waals surface area contributed by atoms with E-state index < -0.39 is 59.6 Å². The second kappa shape index (κ2) is 11.8. The molecule has 13 heteroatoms. The molecule has 2 saturated heterocycles.